The first-order valence-electron chi connectivity index (χ1n) is 5.04. The molecule has 0 saturated heterocycles. The Kier molecular flexibility index (Phi) is 3.88. The summed E-state index contributed by atoms with van der Waals surface area (Å²) in [5.41, 5.74) is 3.99. The smallest absolute Gasteiger partial charge is 0.0741 e. The summed E-state index contributed by atoms with van der Waals surface area (Å²) in [6, 6.07) is 10.8. The van der Waals surface area contributed by atoms with Gasteiger partial charge in [-0.15, -0.1) is 11.3 Å². The Morgan fingerprint density at radius 3 is 2.50 bits per heavy atom. The van der Waals surface area contributed by atoms with Gasteiger partial charge in [-0.3, -0.25) is 0 Å². The molecule has 0 fully saturated rings. The van der Waals surface area contributed by atoms with Crippen molar-refractivity contribution in [3.63, 3.8) is 0 Å². The standard InChI is InChI=1S/C13H12Br2S/c1-8-3-4-9(2)10(7-8)13(15)11-5-6-12(14)16-11/h3-7,13H,1-2H3. The fourth-order valence-corrected chi connectivity index (χ4v) is 4.00. The molecule has 1 heterocycles. The van der Waals surface area contributed by atoms with Crippen molar-refractivity contribution in [3.8, 4) is 0 Å². The highest BCUT2D eigenvalue weighted by atomic mass is 79.9. The fraction of sp³-hybridized carbons (Fsp3) is 0.231. The van der Waals surface area contributed by atoms with Crippen molar-refractivity contribution in [2.75, 3.05) is 0 Å². The third-order valence-corrected chi connectivity index (χ3v) is 5.53. The van der Waals surface area contributed by atoms with E-state index in [0.29, 0.717) is 4.83 Å². The quantitative estimate of drug-likeness (QED) is 0.611. The Hall–Kier alpha value is -0.120. The van der Waals surface area contributed by atoms with Crippen molar-refractivity contribution in [2.45, 2.75) is 18.7 Å². The predicted octanol–water partition coefficient (Wildman–Crippen LogP) is 5.61. The molecule has 0 bridgehead atoms. The summed E-state index contributed by atoms with van der Waals surface area (Å²) in [4.78, 5) is 1.63. The molecule has 1 aromatic carbocycles. The summed E-state index contributed by atoms with van der Waals surface area (Å²) in [5, 5.41) is 0. The Morgan fingerprint density at radius 1 is 1.12 bits per heavy atom. The lowest BCUT2D eigenvalue weighted by Gasteiger charge is -2.12. The molecule has 16 heavy (non-hydrogen) atoms. The third-order valence-electron chi connectivity index (χ3n) is 2.55. The van der Waals surface area contributed by atoms with E-state index in [1.54, 1.807) is 11.3 Å². The Balaban J connectivity index is 2.40. The van der Waals surface area contributed by atoms with Crippen LogP contribution in [0.5, 0.6) is 0 Å². The van der Waals surface area contributed by atoms with E-state index in [1.165, 1.54) is 25.4 Å². The normalized spacial score (nSPS) is 12.8. The highest BCUT2D eigenvalue weighted by Crippen LogP contribution is 2.38. The van der Waals surface area contributed by atoms with E-state index in [-0.39, 0.29) is 0 Å². The second-order valence-corrected chi connectivity index (χ2v) is 7.27. The van der Waals surface area contributed by atoms with Gasteiger partial charge in [0.2, 0.25) is 0 Å². The van der Waals surface area contributed by atoms with Crippen molar-refractivity contribution in [3.05, 3.63) is 55.7 Å². The van der Waals surface area contributed by atoms with E-state index >= 15 is 0 Å². The Bertz CT molecular complexity index is 502. The molecule has 2 rings (SSSR count). The summed E-state index contributed by atoms with van der Waals surface area (Å²) < 4.78 is 1.18. The molecule has 0 aliphatic carbocycles. The number of halogens is 2. The molecule has 0 spiro atoms. The Labute approximate surface area is 117 Å². The zero-order valence-electron chi connectivity index (χ0n) is 9.13. The minimum Gasteiger partial charge on any atom is -0.132 e. The minimum atomic E-state index is 0.295. The summed E-state index contributed by atoms with van der Waals surface area (Å²) >= 11 is 9.06. The average molecular weight is 360 g/mol. The van der Waals surface area contributed by atoms with Gasteiger partial charge in [0, 0.05) is 4.88 Å². The topological polar surface area (TPSA) is 0 Å². The van der Waals surface area contributed by atoms with Crippen LogP contribution in [0.3, 0.4) is 0 Å². The zero-order chi connectivity index (χ0) is 11.7. The summed E-state index contributed by atoms with van der Waals surface area (Å²) in [5.74, 6) is 0. The predicted molar refractivity (Wildman–Crippen MR) is 78.7 cm³/mol. The molecule has 0 saturated carbocycles. The summed E-state index contributed by atoms with van der Waals surface area (Å²) in [6.07, 6.45) is 0. The van der Waals surface area contributed by atoms with Gasteiger partial charge in [0.05, 0.1) is 8.61 Å². The average Bonchev–Trinajstić information content (AvgIpc) is 2.67. The van der Waals surface area contributed by atoms with Gasteiger partial charge < -0.3 is 0 Å². The van der Waals surface area contributed by atoms with Crippen LogP contribution in [0, 0.1) is 13.8 Å². The number of benzene rings is 1. The van der Waals surface area contributed by atoms with E-state index in [9.17, 15) is 0 Å². The molecule has 2 aromatic rings. The molecule has 1 unspecified atom stereocenters. The minimum absolute atomic E-state index is 0.295. The number of hydrogen-bond acceptors (Lipinski definition) is 1. The van der Waals surface area contributed by atoms with Crippen LogP contribution in [0.25, 0.3) is 0 Å². The van der Waals surface area contributed by atoms with Gasteiger partial charge >= 0.3 is 0 Å². The number of aryl methyl sites for hydroxylation is 2. The lowest BCUT2D eigenvalue weighted by Crippen LogP contribution is -1.94. The summed E-state index contributed by atoms with van der Waals surface area (Å²) in [6.45, 7) is 4.29. The number of hydrogen-bond donors (Lipinski definition) is 0. The van der Waals surface area contributed by atoms with Crippen molar-refractivity contribution < 1.29 is 0 Å². The molecule has 0 N–H and O–H groups in total. The maximum atomic E-state index is 3.78. The Morgan fingerprint density at radius 2 is 1.88 bits per heavy atom. The van der Waals surface area contributed by atoms with Crippen molar-refractivity contribution >= 4 is 43.2 Å². The lowest BCUT2D eigenvalue weighted by atomic mass is 10.0. The first kappa shape index (κ1) is 12.3. The van der Waals surface area contributed by atoms with E-state index in [4.69, 9.17) is 0 Å². The molecule has 0 amide bonds. The number of rotatable bonds is 2. The summed E-state index contributed by atoms with van der Waals surface area (Å²) in [7, 11) is 0. The monoisotopic (exact) mass is 358 g/mol. The molecule has 0 aliphatic rings. The number of alkyl halides is 1. The fourth-order valence-electron chi connectivity index (χ4n) is 1.65. The van der Waals surface area contributed by atoms with Crippen LogP contribution in [0.15, 0.2) is 34.1 Å². The van der Waals surface area contributed by atoms with Crippen molar-refractivity contribution in [2.24, 2.45) is 0 Å². The van der Waals surface area contributed by atoms with E-state index in [0.717, 1.165) is 0 Å². The van der Waals surface area contributed by atoms with Crippen LogP contribution in [-0.2, 0) is 0 Å². The molecular formula is C13H12Br2S. The van der Waals surface area contributed by atoms with Crippen LogP contribution >= 0.6 is 43.2 Å². The van der Waals surface area contributed by atoms with Crippen molar-refractivity contribution in [1.82, 2.24) is 0 Å². The second-order valence-electron chi connectivity index (χ2n) is 3.86. The zero-order valence-corrected chi connectivity index (χ0v) is 13.1. The highest BCUT2D eigenvalue weighted by molar-refractivity contribution is 9.11. The van der Waals surface area contributed by atoms with E-state index in [2.05, 4.69) is 76.0 Å². The van der Waals surface area contributed by atoms with Gasteiger partial charge in [0.1, 0.15) is 0 Å². The molecule has 84 valence electrons. The maximum absolute atomic E-state index is 3.78. The molecule has 1 aromatic heterocycles. The van der Waals surface area contributed by atoms with Gasteiger partial charge in [0.15, 0.2) is 0 Å². The van der Waals surface area contributed by atoms with Crippen LogP contribution < -0.4 is 0 Å². The van der Waals surface area contributed by atoms with Gasteiger partial charge in [-0.1, -0.05) is 39.7 Å². The molecule has 3 heteroatoms. The van der Waals surface area contributed by atoms with E-state index in [1.807, 2.05) is 0 Å². The number of thiophene rings is 1. The van der Waals surface area contributed by atoms with Crippen LogP contribution in [0.2, 0.25) is 0 Å². The van der Waals surface area contributed by atoms with Crippen molar-refractivity contribution in [1.29, 1.82) is 0 Å². The van der Waals surface area contributed by atoms with Gasteiger partial charge in [0.25, 0.3) is 0 Å². The lowest BCUT2D eigenvalue weighted by molar-refractivity contribution is 1.16. The van der Waals surface area contributed by atoms with Gasteiger partial charge in [-0.05, 0) is 53.0 Å². The van der Waals surface area contributed by atoms with Gasteiger partial charge in [-0.2, -0.15) is 0 Å². The van der Waals surface area contributed by atoms with Crippen LogP contribution in [0.4, 0.5) is 0 Å². The van der Waals surface area contributed by atoms with Crippen LogP contribution in [0.1, 0.15) is 26.4 Å². The third kappa shape index (κ3) is 2.58. The molecule has 1 atom stereocenters. The van der Waals surface area contributed by atoms with E-state index < -0.39 is 0 Å². The molecule has 0 radical (unpaired) electrons. The first-order valence-corrected chi connectivity index (χ1v) is 7.57. The first-order chi connectivity index (χ1) is 7.58. The second kappa shape index (κ2) is 5.03. The largest absolute Gasteiger partial charge is 0.132 e. The van der Waals surface area contributed by atoms with Gasteiger partial charge in [-0.25, -0.2) is 0 Å². The maximum Gasteiger partial charge on any atom is 0.0741 e. The molecule has 0 aliphatic heterocycles. The SMILES string of the molecule is Cc1ccc(C)c(C(Br)c2ccc(Br)s2)c1. The molecule has 0 nitrogen and oxygen atoms in total. The highest BCUT2D eigenvalue weighted by Gasteiger charge is 2.14. The molecular weight excluding hydrogens is 348 g/mol. The van der Waals surface area contributed by atoms with Crippen LogP contribution in [-0.4, -0.2) is 0 Å².